The number of aromatic nitrogens is 1. The van der Waals surface area contributed by atoms with Gasteiger partial charge in [-0.2, -0.15) is 13.2 Å². The number of amides is 1. The van der Waals surface area contributed by atoms with Crippen molar-refractivity contribution in [2.75, 3.05) is 0 Å². The number of aromatic amines is 1. The maximum atomic E-state index is 13.6. The van der Waals surface area contributed by atoms with Crippen molar-refractivity contribution in [3.05, 3.63) is 68.3 Å². The molecule has 2 aromatic carbocycles. The first-order valence-electron chi connectivity index (χ1n) is 7.67. The van der Waals surface area contributed by atoms with Gasteiger partial charge in [-0.3, -0.25) is 4.79 Å². The third-order valence-electron chi connectivity index (χ3n) is 3.96. The predicted octanol–water partition coefficient (Wildman–Crippen LogP) is 6.47. The number of carbonyl (C=O) groups excluding carboxylic acids is 1. The van der Waals surface area contributed by atoms with Crippen LogP contribution in [-0.4, -0.2) is 17.1 Å². The van der Waals surface area contributed by atoms with Crippen molar-refractivity contribution in [2.45, 2.75) is 19.1 Å². The Morgan fingerprint density at radius 2 is 1.70 bits per heavy atom. The lowest BCUT2D eigenvalue weighted by Crippen LogP contribution is -2.38. The van der Waals surface area contributed by atoms with E-state index in [1.165, 1.54) is 6.07 Å². The fourth-order valence-corrected chi connectivity index (χ4v) is 3.28. The summed E-state index contributed by atoms with van der Waals surface area (Å²) in [6.07, 6.45) is -4.77. The second-order valence-electron chi connectivity index (χ2n) is 6.02. The summed E-state index contributed by atoms with van der Waals surface area (Å²) in [6.45, 7) is 1.87. The first kappa shape index (κ1) is 19.9. The van der Waals surface area contributed by atoms with Crippen LogP contribution in [0.2, 0.25) is 15.1 Å². The summed E-state index contributed by atoms with van der Waals surface area (Å²) in [5.74, 6) is -0.909. The second-order valence-corrected chi connectivity index (χ2v) is 7.21. The van der Waals surface area contributed by atoms with Crippen LogP contribution in [0.5, 0.6) is 0 Å². The Labute approximate surface area is 167 Å². The van der Waals surface area contributed by atoms with Gasteiger partial charge in [0, 0.05) is 10.9 Å². The predicted molar refractivity (Wildman–Crippen MR) is 101 cm³/mol. The summed E-state index contributed by atoms with van der Waals surface area (Å²) < 4.78 is 40.7. The smallest absolute Gasteiger partial charge is 0.351 e. The SMILES string of the molecule is Cc1ccc2cc(C(=O)NC(c3cc(Cl)c(Cl)c(Cl)c3)C(F)(F)F)[nH]c2c1. The average molecular weight is 436 g/mol. The normalized spacial score (nSPS) is 13.0. The van der Waals surface area contributed by atoms with Gasteiger partial charge in [0.1, 0.15) is 5.69 Å². The molecular weight excluding hydrogens is 424 g/mol. The summed E-state index contributed by atoms with van der Waals surface area (Å²) >= 11 is 17.5. The van der Waals surface area contributed by atoms with Gasteiger partial charge in [-0.05, 0) is 42.3 Å². The quantitative estimate of drug-likeness (QED) is 0.455. The van der Waals surface area contributed by atoms with Crippen molar-refractivity contribution >= 4 is 51.6 Å². The number of halogens is 6. The van der Waals surface area contributed by atoms with E-state index in [1.54, 1.807) is 12.1 Å². The van der Waals surface area contributed by atoms with Crippen molar-refractivity contribution in [3.63, 3.8) is 0 Å². The molecule has 9 heteroatoms. The summed E-state index contributed by atoms with van der Waals surface area (Å²) in [6, 6.07) is 6.66. The van der Waals surface area contributed by atoms with Crippen LogP contribution in [0.25, 0.3) is 10.9 Å². The zero-order valence-corrected chi connectivity index (χ0v) is 16.0. The van der Waals surface area contributed by atoms with Crippen molar-refractivity contribution in [1.29, 1.82) is 0 Å². The van der Waals surface area contributed by atoms with E-state index < -0.39 is 18.1 Å². The highest BCUT2D eigenvalue weighted by molar-refractivity contribution is 6.48. The third kappa shape index (κ3) is 4.18. The van der Waals surface area contributed by atoms with Gasteiger partial charge in [-0.1, -0.05) is 46.9 Å². The fraction of sp³-hybridized carbons (Fsp3) is 0.167. The highest BCUT2D eigenvalue weighted by Gasteiger charge is 2.42. The Hall–Kier alpha value is -1.89. The number of H-pyrrole nitrogens is 1. The second kappa shape index (κ2) is 7.26. The van der Waals surface area contributed by atoms with Crippen molar-refractivity contribution in [3.8, 4) is 0 Å². The molecule has 0 aliphatic heterocycles. The molecule has 0 spiro atoms. The number of benzene rings is 2. The lowest BCUT2D eigenvalue weighted by Gasteiger charge is -2.22. The highest BCUT2D eigenvalue weighted by atomic mass is 35.5. The lowest BCUT2D eigenvalue weighted by atomic mass is 10.1. The molecule has 1 atom stereocenters. The Balaban J connectivity index is 1.95. The lowest BCUT2D eigenvalue weighted by molar-refractivity contribution is -0.155. The summed E-state index contributed by atoms with van der Waals surface area (Å²) in [4.78, 5) is 15.3. The van der Waals surface area contributed by atoms with Gasteiger partial charge in [-0.25, -0.2) is 0 Å². The number of nitrogens with one attached hydrogen (secondary N) is 2. The maximum Gasteiger partial charge on any atom is 0.412 e. The van der Waals surface area contributed by atoms with Crippen molar-refractivity contribution < 1.29 is 18.0 Å². The summed E-state index contributed by atoms with van der Waals surface area (Å²) in [7, 11) is 0. The molecule has 3 aromatic rings. The van der Waals surface area contributed by atoms with Crippen LogP contribution in [0.3, 0.4) is 0 Å². The zero-order valence-electron chi connectivity index (χ0n) is 13.7. The van der Waals surface area contributed by atoms with E-state index in [2.05, 4.69) is 4.98 Å². The van der Waals surface area contributed by atoms with E-state index >= 15 is 0 Å². The fourth-order valence-electron chi connectivity index (χ4n) is 2.67. The maximum absolute atomic E-state index is 13.6. The number of aryl methyl sites for hydroxylation is 1. The molecule has 1 heterocycles. The molecular formula is C18H12Cl3F3N2O. The molecule has 2 N–H and O–H groups in total. The molecule has 1 aromatic heterocycles. The van der Waals surface area contributed by atoms with E-state index in [0.717, 1.165) is 17.7 Å². The molecule has 0 saturated heterocycles. The first-order chi connectivity index (χ1) is 12.6. The minimum Gasteiger partial charge on any atom is -0.351 e. The van der Waals surface area contributed by atoms with Gasteiger partial charge in [0.2, 0.25) is 0 Å². The van der Waals surface area contributed by atoms with E-state index in [1.807, 2.05) is 18.3 Å². The van der Waals surface area contributed by atoms with Gasteiger partial charge < -0.3 is 10.3 Å². The number of fused-ring (bicyclic) bond motifs is 1. The van der Waals surface area contributed by atoms with E-state index in [0.29, 0.717) is 10.9 Å². The summed E-state index contributed by atoms with van der Waals surface area (Å²) in [5.41, 5.74) is 1.30. The van der Waals surface area contributed by atoms with E-state index in [-0.39, 0.29) is 26.3 Å². The van der Waals surface area contributed by atoms with Crippen LogP contribution in [0.1, 0.15) is 27.7 Å². The average Bonchev–Trinajstić information content (AvgIpc) is 2.99. The first-order valence-corrected chi connectivity index (χ1v) is 8.81. The number of carbonyl (C=O) groups is 1. The Morgan fingerprint density at radius 3 is 2.30 bits per heavy atom. The topological polar surface area (TPSA) is 44.9 Å². The third-order valence-corrected chi connectivity index (χ3v) is 5.16. The molecule has 0 aliphatic rings. The van der Waals surface area contributed by atoms with Gasteiger partial charge in [0.25, 0.3) is 5.91 Å². The molecule has 27 heavy (non-hydrogen) atoms. The number of rotatable bonds is 3. The van der Waals surface area contributed by atoms with Crippen LogP contribution < -0.4 is 5.32 Å². The standard InChI is InChI=1S/C18H12Cl3F3N2O/c1-8-2-3-9-7-14(25-13(9)4-8)17(27)26-16(18(22,23)24)10-5-11(19)15(21)12(20)6-10/h2-7,16,25H,1H3,(H,26,27). The van der Waals surface area contributed by atoms with E-state index in [4.69, 9.17) is 34.8 Å². The number of hydrogen-bond donors (Lipinski definition) is 2. The molecule has 0 bridgehead atoms. The Bertz CT molecular complexity index is 1010. The van der Waals surface area contributed by atoms with Crippen molar-refractivity contribution in [1.82, 2.24) is 10.3 Å². The van der Waals surface area contributed by atoms with Crippen molar-refractivity contribution in [2.24, 2.45) is 0 Å². The van der Waals surface area contributed by atoms with Gasteiger partial charge in [0.15, 0.2) is 6.04 Å². The Kier molecular flexibility index (Phi) is 5.34. The van der Waals surface area contributed by atoms with Gasteiger partial charge in [-0.15, -0.1) is 0 Å². The molecule has 1 unspecified atom stereocenters. The largest absolute Gasteiger partial charge is 0.412 e. The molecule has 0 aliphatic carbocycles. The van der Waals surface area contributed by atoms with Crippen LogP contribution in [0, 0.1) is 6.92 Å². The zero-order chi connectivity index (χ0) is 19.9. The van der Waals surface area contributed by atoms with Gasteiger partial charge >= 0.3 is 6.18 Å². The van der Waals surface area contributed by atoms with E-state index in [9.17, 15) is 18.0 Å². The van der Waals surface area contributed by atoms with Crippen LogP contribution in [0.15, 0.2) is 36.4 Å². The minimum atomic E-state index is -4.77. The molecule has 0 saturated carbocycles. The van der Waals surface area contributed by atoms with Gasteiger partial charge in [0.05, 0.1) is 15.1 Å². The molecule has 3 rings (SSSR count). The number of hydrogen-bond acceptors (Lipinski definition) is 1. The van der Waals surface area contributed by atoms with Crippen LogP contribution in [-0.2, 0) is 0 Å². The molecule has 142 valence electrons. The van der Waals surface area contributed by atoms with Crippen LogP contribution >= 0.6 is 34.8 Å². The molecule has 0 fully saturated rings. The van der Waals surface area contributed by atoms with Crippen LogP contribution in [0.4, 0.5) is 13.2 Å². The minimum absolute atomic E-state index is 0.0102. The Morgan fingerprint density at radius 1 is 1.07 bits per heavy atom. The highest BCUT2D eigenvalue weighted by Crippen LogP contribution is 2.38. The molecule has 1 amide bonds. The number of alkyl halides is 3. The summed E-state index contributed by atoms with van der Waals surface area (Å²) in [5, 5.41) is 2.37. The molecule has 3 nitrogen and oxygen atoms in total. The monoisotopic (exact) mass is 434 g/mol. The molecule has 0 radical (unpaired) electrons.